The van der Waals surface area contributed by atoms with E-state index < -0.39 is 0 Å². The molecule has 1 aromatic carbocycles. The topological polar surface area (TPSA) is 17.1 Å². The quantitative estimate of drug-likeness (QED) is 0.695. The highest BCUT2D eigenvalue weighted by Gasteiger charge is 2.21. The summed E-state index contributed by atoms with van der Waals surface area (Å²) < 4.78 is 0.808. The van der Waals surface area contributed by atoms with Crippen molar-refractivity contribution in [3.8, 4) is 0 Å². The standard InChI is InChI=1S/C10H8BrClO/c11-7-5-4-6-2-1-3-8(13)9(6)10(7)12/h4-5H,1-3H2. The van der Waals surface area contributed by atoms with Crippen LogP contribution in [-0.4, -0.2) is 5.78 Å². The molecule has 0 radical (unpaired) electrons. The second-order valence-electron chi connectivity index (χ2n) is 3.17. The number of aryl methyl sites for hydroxylation is 1. The van der Waals surface area contributed by atoms with Gasteiger partial charge in [0.1, 0.15) is 0 Å². The zero-order valence-corrected chi connectivity index (χ0v) is 9.28. The summed E-state index contributed by atoms with van der Waals surface area (Å²) in [5.74, 6) is 0.174. The molecule has 13 heavy (non-hydrogen) atoms. The molecule has 68 valence electrons. The molecule has 1 aliphatic rings. The predicted molar refractivity (Wildman–Crippen MR) is 56.4 cm³/mol. The third-order valence-corrected chi connectivity index (χ3v) is 3.59. The van der Waals surface area contributed by atoms with Gasteiger partial charge in [0.2, 0.25) is 0 Å². The summed E-state index contributed by atoms with van der Waals surface area (Å²) in [5, 5.41) is 0.571. The second kappa shape index (κ2) is 3.43. The van der Waals surface area contributed by atoms with E-state index in [0.29, 0.717) is 11.4 Å². The minimum atomic E-state index is 0.174. The van der Waals surface area contributed by atoms with E-state index in [1.165, 1.54) is 0 Å². The van der Waals surface area contributed by atoms with E-state index in [1.54, 1.807) is 0 Å². The third-order valence-electron chi connectivity index (χ3n) is 2.31. The maximum absolute atomic E-state index is 11.6. The molecule has 0 aliphatic heterocycles. The van der Waals surface area contributed by atoms with Gasteiger partial charge in [-0.2, -0.15) is 0 Å². The molecule has 0 bridgehead atoms. The van der Waals surface area contributed by atoms with Crippen molar-refractivity contribution in [1.82, 2.24) is 0 Å². The summed E-state index contributed by atoms with van der Waals surface area (Å²) in [6, 6.07) is 3.88. The lowest BCUT2D eigenvalue weighted by Gasteiger charge is -2.16. The first-order valence-corrected chi connectivity index (χ1v) is 5.37. The maximum Gasteiger partial charge on any atom is 0.164 e. The molecule has 1 aliphatic carbocycles. The van der Waals surface area contributed by atoms with Gasteiger partial charge in [-0.3, -0.25) is 4.79 Å². The fourth-order valence-electron chi connectivity index (χ4n) is 1.66. The van der Waals surface area contributed by atoms with Crippen molar-refractivity contribution in [3.63, 3.8) is 0 Å². The number of fused-ring (bicyclic) bond motifs is 1. The molecule has 0 amide bonds. The molecule has 0 unspecified atom stereocenters. The van der Waals surface area contributed by atoms with Crippen LogP contribution in [0.4, 0.5) is 0 Å². The molecule has 1 aromatic rings. The molecule has 0 fully saturated rings. The van der Waals surface area contributed by atoms with E-state index in [0.717, 1.165) is 28.4 Å². The normalized spacial score (nSPS) is 15.7. The average Bonchev–Trinajstić information content (AvgIpc) is 2.12. The number of hydrogen-bond donors (Lipinski definition) is 0. The summed E-state index contributed by atoms with van der Waals surface area (Å²) in [7, 11) is 0. The molecule has 3 heteroatoms. The zero-order valence-electron chi connectivity index (χ0n) is 6.94. The number of benzene rings is 1. The van der Waals surface area contributed by atoms with Gasteiger partial charge >= 0.3 is 0 Å². The first kappa shape index (κ1) is 9.22. The van der Waals surface area contributed by atoms with Crippen LogP contribution >= 0.6 is 27.5 Å². The summed E-state index contributed by atoms with van der Waals surface area (Å²) >= 11 is 9.36. The van der Waals surface area contributed by atoms with Crippen molar-refractivity contribution in [2.24, 2.45) is 0 Å². The average molecular weight is 260 g/mol. The van der Waals surface area contributed by atoms with E-state index in [-0.39, 0.29) is 5.78 Å². The predicted octanol–water partition coefficient (Wildman–Crippen LogP) is 3.62. The Morgan fingerprint density at radius 3 is 2.85 bits per heavy atom. The van der Waals surface area contributed by atoms with Crippen LogP contribution in [0.3, 0.4) is 0 Å². The van der Waals surface area contributed by atoms with Gasteiger partial charge in [0.15, 0.2) is 5.78 Å². The largest absolute Gasteiger partial charge is 0.294 e. The molecule has 0 spiro atoms. The van der Waals surface area contributed by atoms with E-state index in [1.807, 2.05) is 12.1 Å². The number of carbonyl (C=O) groups excluding carboxylic acids is 1. The number of Topliss-reactive ketones (excluding diaryl/α,β-unsaturated/α-hetero) is 1. The highest BCUT2D eigenvalue weighted by atomic mass is 79.9. The third kappa shape index (κ3) is 1.53. The number of rotatable bonds is 0. The molecule has 0 aromatic heterocycles. The van der Waals surface area contributed by atoms with Gasteiger partial charge in [-0.15, -0.1) is 0 Å². The SMILES string of the molecule is O=C1CCCc2ccc(Br)c(Cl)c21. The molecule has 0 heterocycles. The zero-order chi connectivity index (χ0) is 9.42. The van der Waals surface area contributed by atoms with E-state index in [9.17, 15) is 4.79 Å². The molecule has 0 saturated carbocycles. The lowest BCUT2D eigenvalue weighted by molar-refractivity contribution is 0.0972. The van der Waals surface area contributed by atoms with Crippen LogP contribution < -0.4 is 0 Å². The first-order valence-electron chi connectivity index (χ1n) is 4.20. The van der Waals surface area contributed by atoms with Crippen molar-refractivity contribution in [3.05, 3.63) is 32.8 Å². The summed E-state index contributed by atoms with van der Waals surface area (Å²) in [6.07, 6.45) is 2.54. The Bertz CT molecular complexity index is 373. The van der Waals surface area contributed by atoms with Crippen molar-refractivity contribution in [2.45, 2.75) is 19.3 Å². The fourth-order valence-corrected chi connectivity index (χ4v) is 2.29. The highest BCUT2D eigenvalue weighted by molar-refractivity contribution is 9.10. The van der Waals surface area contributed by atoms with Gasteiger partial charge in [0.25, 0.3) is 0 Å². The van der Waals surface area contributed by atoms with Crippen LogP contribution in [0.15, 0.2) is 16.6 Å². The molecule has 0 N–H and O–H groups in total. The Kier molecular flexibility index (Phi) is 2.43. The van der Waals surface area contributed by atoms with Crippen LogP contribution in [0.1, 0.15) is 28.8 Å². The number of carbonyl (C=O) groups is 1. The smallest absolute Gasteiger partial charge is 0.164 e. The summed E-state index contributed by atoms with van der Waals surface area (Å²) in [4.78, 5) is 11.6. The first-order chi connectivity index (χ1) is 6.20. The van der Waals surface area contributed by atoms with Gasteiger partial charge in [0.05, 0.1) is 5.02 Å². The highest BCUT2D eigenvalue weighted by Crippen LogP contribution is 2.33. The monoisotopic (exact) mass is 258 g/mol. The van der Waals surface area contributed by atoms with Gasteiger partial charge < -0.3 is 0 Å². The number of hydrogen-bond acceptors (Lipinski definition) is 1. The second-order valence-corrected chi connectivity index (χ2v) is 4.40. The fraction of sp³-hybridized carbons (Fsp3) is 0.300. The van der Waals surface area contributed by atoms with Gasteiger partial charge in [-0.25, -0.2) is 0 Å². The van der Waals surface area contributed by atoms with Gasteiger partial charge in [0, 0.05) is 16.5 Å². The Morgan fingerprint density at radius 2 is 2.08 bits per heavy atom. The Morgan fingerprint density at radius 1 is 1.31 bits per heavy atom. The van der Waals surface area contributed by atoms with Gasteiger partial charge in [-0.1, -0.05) is 17.7 Å². The van der Waals surface area contributed by atoms with Crippen molar-refractivity contribution >= 4 is 33.3 Å². The summed E-state index contributed by atoms with van der Waals surface area (Å²) in [5.41, 5.74) is 1.81. The number of halogens is 2. The van der Waals surface area contributed by atoms with Crippen molar-refractivity contribution < 1.29 is 4.79 Å². The maximum atomic E-state index is 11.6. The summed E-state index contributed by atoms with van der Waals surface area (Å²) in [6.45, 7) is 0. The Balaban J connectivity index is 2.65. The van der Waals surface area contributed by atoms with Crippen LogP contribution in [0, 0.1) is 0 Å². The van der Waals surface area contributed by atoms with E-state index >= 15 is 0 Å². The van der Waals surface area contributed by atoms with E-state index in [2.05, 4.69) is 15.9 Å². The minimum Gasteiger partial charge on any atom is -0.294 e. The number of ketones is 1. The van der Waals surface area contributed by atoms with Crippen LogP contribution in [0.25, 0.3) is 0 Å². The van der Waals surface area contributed by atoms with Crippen LogP contribution in [0.2, 0.25) is 5.02 Å². The van der Waals surface area contributed by atoms with Gasteiger partial charge in [-0.05, 0) is 40.4 Å². The lowest BCUT2D eigenvalue weighted by atomic mass is 9.91. The van der Waals surface area contributed by atoms with Crippen molar-refractivity contribution in [2.75, 3.05) is 0 Å². The van der Waals surface area contributed by atoms with Crippen LogP contribution in [0.5, 0.6) is 0 Å². The molecule has 2 rings (SSSR count). The Hall–Kier alpha value is -0.340. The van der Waals surface area contributed by atoms with Crippen LogP contribution in [-0.2, 0) is 6.42 Å². The molecule has 0 atom stereocenters. The molecular weight excluding hydrogens is 251 g/mol. The van der Waals surface area contributed by atoms with E-state index in [4.69, 9.17) is 11.6 Å². The molecule has 1 nitrogen and oxygen atoms in total. The molecule has 0 saturated heterocycles. The lowest BCUT2D eigenvalue weighted by Crippen LogP contribution is -2.11. The van der Waals surface area contributed by atoms with Crippen molar-refractivity contribution in [1.29, 1.82) is 0 Å². The Labute approximate surface area is 90.2 Å². The minimum absolute atomic E-state index is 0.174. The molecular formula is C10H8BrClO.